The van der Waals surface area contributed by atoms with E-state index in [1.54, 1.807) is 0 Å². The van der Waals surface area contributed by atoms with Gasteiger partial charge in [-0.05, 0) is 0 Å². The lowest BCUT2D eigenvalue weighted by Gasteiger charge is -1.67. The Bertz CT molecular complexity index is 42.2. The summed E-state index contributed by atoms with van der Waals surface area (Å²) in [7, 11) is 1.31. The van der Waals surface area contributed by atoms with E-state index in [2.05, 4.69) is 4.74 Å². The maximum Gasteiger partial charge on any atom is 0.292 e. The molecule has 0 aliphatic heterocycles. The van der Waals surface area contributed by atoms with E-state index in [1.807, 2.05) is 0 Å². The summed E-state index contributed by atoms with van der Waals surface area (Å²) < 4.78 is 3.86. The SMILES string of the molecule is COC=O.O=CO. The summed E-state index contributed by atoms with van der Waals surface area (Å²) in [4.78, 5) is 17.3. The third-order valence-corrected chi connectivity index (χ3v) is 0.0962. The molecule has 1 N–H and O–H groups in total. The minimum Gasteiger partial charge on any atom is -0.483 e. The van der Waals surface area contributed by atoms with Gasteiger partial charge in [-0.1, -0.05) is 0 Å². The fourth-order valence-electron chi connectivity index (χ4n) is 0. The van der Waals surface area contributed by atoms with Crippen LogP contribution in [0.25, 0.3) is 0 Å². The van der Waals surface area contributed by atoms with Crippen LogP contribution in [0.2, 0.25) is 0 Å². The largest absolute Gasteiger partial charge is 0.483 e. The molecular formula is C3H6O4. The highest BCUT2D eigenvalue weighted by atomic mass is 16.5. The van der Waals surface area contributed by atoms with E-state index in [4.69, 9.17) is 14.7 Å². The molecule has 4 nitrogen and oxygen atoms in total. The number of hydrogen-bond acceptors (Lipinski definition) is 3. The van der Waals surface area contributed by atoms with Crippen LogP contribution in [0.5, 0.6) is 0 Å². The van der Waals surface area contributed by atoms with Crippen molar-refractivity contribution in [3.8, 4) is 0 Å². The highest BCUT2D eigenvalue weighted by Crippen LogP contribution is 1.35. The first-order valence-corrected chi connectivity index (χ1v) is 1.37. The number of carbonyl (C=O) groups excluding carboxylic acids is 1. The second-order valence-corrected chi connectivity index (χ2v) is 0.437. The van der Waals surface area contributed by atoms with Gasteiger partial charge in [0, 0.05) is 0 Å². The van der Waals surface area contributed by atoms with Gasteiger partial charge in [-0.3, -0.25) is 9.59 Å². The molecule has 0 aliphatic carbocycles. The molecule has 0 atom stereocenters. The highest BCUT2D eigenvalue weighted by Gasteiger charge is 1.44. The van der Waals surface area contributed by atoms with Gasteiger partial charge >= 0.3 is 0 Å². The molecular weight excluding hydrogens is 100 g/mol. The Morgan fingerprint density at radius 2 is 1.71 bits per heavy atom. The Morgan fingerprint density at radius 3 is 1.71 bits per heavy atom. The molecule has 0 aromatic carbocycles. The monoisotopic (exact) mass is 106 g/mol. The molecule has 42 valence electrons. The van der Waals surface area contributed by atoms with Crippen LogP contribution in [0.3, 0.4) is 0 Å². The Balaban J connectivity index is 0. The van der Waals surface area contributed by atoms with Gasteiger partial charge in [0.05, 0.1) is 7.11 Å². The highest BCUT2D eigenvalue weighted by molar-refractivity contribution is 5.36. The van der Waals surface area contributed by atoms with E-state index in [0.717, 1.165) is 0 Å². The van der Waals surface area contributed by atoms with Crippen LogP contribution in [-0.4, -0.2) is 25.2 Å². The average Bonchev–Trinajstić information content (AvgIpc) is 1.69. The van der Waals surface area contributed by atoms with E-state index < -0.39 is 0 Å². The molecule has 0 amide bonds. The molecule has 0 saturated carbocycles. The second-order valence-electron chi connectivity index (χ2n) is 0.437. The Morgan fingerprint density at radius 1 is 1.57 bits per heavy atom. The summed E-state index contributed by atoms with van der Waals surface area (Å²) in [5.74, 6) is 0. The molecule has 0 aliphatic rings. The van der Waals surface area contributed by atoms with Gasteiger partial charge in [0.1, 0.15) is 0 Å². The maximum atomic E-state index is 8.95. The van der Waals surface area contributed by atoms with Gasteiger partial charge in [0.25, 0.3) is 12.9 Å². The lowest BCUT2D eigenvalue weighted by Crippen LogP contribution is -1.68. The molecule has 0 saturated heterocycles. The van der Waals surface area contributed by atoms with E-state index in [1.165, 1.54) is 7.11 Å². The number of rotatable bonds is 1. The molecule has 0 aromatic rings. The van der Waals surface area contributed by atoms with Crippen LogP contribution >= 0.6 is 0 Å². The van der Waals surface area contributed by atoms with Crippen LogP contribution in [0.1, 0.15) is 0 Å². The van der Waals surface area contributed by atoms with Crippen molar-refractivity contribution in [1.29, 1.82) is 0 Å². The molecule has 4 heteroatoms. The van der Waals surface area contributed by atoms with Gasteiger partial charge in [-0.2, -0.15) is 0 Å². The lowest BCUT2D eigenvalue weighted by atomic mass is 11.5. The van der Waals surface area contributed by atoms with E-state index in [9.17, 15) is 0 Å². The molecule has 0 bridgehead atoms. The minimum absolute atomic E-state index is 0.250. The van der Waals surface area contributed by atoms with Crippen LogP contribution in [-0.2, 0) is 14.3 Å². The summed E-state index contributed by atoms with van der Waals surface area (Å²) in [6.45, 7) is 0.125. The number of methoxy groups -OCH3 is 1. The van der Waals surface area contributed by atoms with Crippen LogP contribution in [0.15, 0.2) is 0 Å². The predicted molar refractivity (Wildman–Crippen MR) is 21.8 cm³/mol. The smallest absolute Gasteiger partial charge is 0.292 e. The second kappa shape index (κ2) is 20.4. The van der Waals surface area contributed by atoms with Crippen molar-refractivity contribution in [2.75, 3.05) is 7.11 Å². The van der Waals surface area contributed by atoms with Crippen LogP contribution < -0.4 is 0 Å². The van der Waals surface area contributed by atoms with Gasteiger partial charge in [0.2, 0.25) is 0 Å². The first-order valence-electron chi connectivity index (χ1n) is 1.37. The Labute approximate surface area is 40.7 Å². The number of hydrogen-bond donors (Lipinski definition) is 1. The molecule has 0 rings (SSSR count). The summed E-state index contributed by atoms with van der Waals surface area (Å²) in [5.41, 5.74) is 0. The summed E-state index contributed by atoms with van der Waals surface area (Å²) in [5, 5.41) is 6.89. The fraction of sp³-hybridized carbons (Fsp3) is 0.333. The van der Waals surface area contributed by atoms with Crippen molar-refractivity contribution in [1.82, 2.24) is 0 Å². The van der Waals surface area contributed by atoms with Crippen molar-refractivity contribution in [3.05, 3.63) is 0 Å². The van der Waals surface area contributed by atoms with Gasteiger partial charge in [-0.25, -0.2) is 0 Å². The summed E-state index contributed by atoms with van der Waals surface area (Å²) >= 11 is 0. The standard InChI is InChI=1S/C2H4O2.CH2O2/c1-4-2-3;2-1-3/h2H,1H3;1H,(H,2,3). The van der Waals surface area contributed by atoms with Crippen molar-refractivity contribution in [2.24, 2.45) is 0 Å². The van der Waals surface area contributed by atoms with Crippen LogP contribution in [0, 0.1) is 0 Å². The molecule has 0 radical (unpaired) electrons. The van der Waals surface area contributed by atoms with Crippen molar-refractivity contribution < 1.29 is 19.4 Å². The van der Waals surface area contributed by atoms with Crippen molar-refractivity contribution >= 4 is 12.9 Å². The van der Waals surface area contributed by atoms with E-state index >= 15 is 0 Å². The third kappa shape index (κ3) is 11900. The normalized spacial score (nSPS) is 4.71. The minimum atomic E-state index is -0.250. The Hall–Kier alpha value is -1.06. The van der Waals surface area contributed by atoms with E-state index in [-0.39, 0.29) is 6.47 Å². The Kier molecular flexibility index (Phi) is 27.2. The molecule has 7 heavy (non-hydrogen) atoms. The van der Waals surface area contributed by atoms with Gasteiger partial charge in [0.15, 0.2) is 0 Å². The molecule has 0 spiro atoms. The topological polar surface area (TPSA) is 63.6 Å². The molecule has 0 aromatic heterocycles. The first-order chi connectivity index (χ1) is 3.33. The number of carbonyl (C=O) groups is 2. The zero-order chi connectivity index (χ0) is 6.12. The molecule has 0 heterocycles. The lowest BCUT2D eigenvalue weighted by molar-refractivity contribution is -0.126. The van der Waals surface area contributed by atoms with Gasteiger partial charge < -0.3 is 9.84 Å². The predicted octanol–water partition coefficient (Wildman–Crippen LogP) is -0.510. The zero-order valence-corrected chi connectivity index (χ0v) is 3.83. The molecule has 0 fully saturated rings. The zero-order valence-electron chi connectivity index (χ0n) is 3.83. The van der Waals surface area contributed by atoms with Crippen molar-refractivity contribution in [2.45, 2.75) is 0 Å². The fourth-order valence-corrected chi connectivity index (χ4v) is 0. The van der Waals surface area contributed by atoms with Crippen molar-refractivity contribution in [3.63, 3.8) is 0 Å². The maximum absolute atomic E-state index is 8.95. The molecule has 0 unspecified atom stereocenters. The van der Waals surface area contributed by atoms with Gasteiger partial charge in [-0.15, -0.1) is 0 Å². The van der Waals surface area contributed by atoms with E-state index in [0.29, 0.717) is 6.47 Å². The summed E-state index contributed by atoms with van der Waals surface area (Å²) in [6.07, 6.45) is 0. The third-order valence-electron chi connectivity index (χ3n) is 0.0962. The number of carboxylic acid groups (broad SMARTS) is 1. The van der Waals surface area contributed by atoms with Crippen LogP contribution in [0.4, 0.5) is 0 Å². The first kappa shape index (κ1) is 9.34. The number of ether oxygens (including phenoxy) is 1. The summed E-state index contributed by atoms with van der Waals surface area (Å²) in [6, 6.07) is 0. The average molecular weight is 106 g/mol. The quantitative estimate of drug-likeness (QED) is 0.457.